The lowest BCUT2D eigenvalue weighted by Crippen LogP contribution is -2.11. The van der Waals surface area contributed by atoms with Gasteiger partial charge in [0.2, 0.25) is 0 Å². The molecule has 0 saturated heterocycles. The number of benzene rings is 1. The molecule has 0 saturated carbocycles. The number of hydrogen-bond donors (Lipinski definition) is 0. The predicted octanol–water partition coefficient (Wildman–Crippen LogP) is 4.43. The van der Waals surface area contributed by atoms with Crippen molar-refractivity contribution >= 4 is 0 Å². The highest BCUT2D eigenvalue weighted by atomic mass is 16.5. The van der Waals surface area contributed by atoms with Gasteiger partial charge in [-0.25, -0.2) is 0 Å². The van der Waals surface area contributed by atoms with E-state index in [2.05, 4.69) is 46.8 Å². The monoisotopic (exact) mass is 264 g/mol. The van der Waals surface area contributed by atoms with Gasteiger partial charge in [-0.2, -0.15) is 0 Å². The first-order valence-corrected chi connectivity index (χ1v) is 7.20. The highest BCUT2D eigenvalue weighted by Gasteiger charge is 2.12. The van der Waals surface area contributed by atoms with Crippen molar-refractivity contribution in [1.82, 2.24) is 0 Å². The van der Waals surface area contributed by atoms with Gasteiger partial charge in [0.15, 0.2) is 0 Å². The molecule has 0 N–H and O–H groups in total. The Kier molecular flexibility index (Phi) is 6.36. The Morgan fingerprint density at radius 3 is 2.11 bits per heavy atom. The molecule has 0 aromatic heterocycles. The lowest BCUT2D eigenvalue weighted by Gasteiger charge is -2.19. The Hall–Kier alpha value is -1.02. The van der Waals surface area contributed by atoms with Crippen LogP contribution in [-0.4, -0.2) is 19.8 Å². The first-order valence-electron chi connectivity index (χ1n) is 7.20. The van der Waals surface area contributed by atoms with Crippen LogP contribution in [0.1, 0.15) is 46.6 Å². The molecule has 108 valence electrons. The normalized spacial score (nSPS) is 11.9. The standard InChI is InChI=1S/C17H28O2/c1-14(2)10-11-18-12-13-19-16-8-6-15(7-9-16)17(3,4)5/h6-9,14H,10-13H2,1-5H3. The largest absolute Gasteiger partial charge is 0.491 e. The minimum atomic E-state index is 0.193. The summed E-state index contributed by atoms with van der Waals surface area (Å²) in [5.74, 6) is 1.62. The molecule has 2 nitrogen and oxygen atoms in total. The third-order valence-corrected chi connectivity index (χ3v) is 3.06. The molecule has 0 heterocycles. The van der Waals surface area contributed by atoms with E-state index in [1.54, 1.807) is 0 Å². The van der Waals surface area contributed by atoms with Crippen LogP contribution < -0.4 is 4.74 Å². The summed E-state index contributed by atoms with van der Waals surface area (Å²) < 4.78 is 11.2. The van der Waals surface area contributed by atoms with Crippen LogP contribution in [0.15, 0.2) is 24.3 Å². The van der Waals surface area contributed by atoms with Crippen LogP contribution in [0, 0.1) is 5.92 Å². The van der Waals surface area contributed by atoms with E-state index in [0.717, 1.165) is 18.8 Å². The molecule has 0 aliphatic carbocycles. The van der Waals surface area contributed by atoms with Crippen molar-refractivity contribution in [2.24, 2.45) is 5.92 Å². The third kappa shape index (κ3) is 6.63. The third-order valence-electron chi connectivity index (χ3n) is 3.06. The Morgan fingerprint density at radius 2 is 1.58 bits per heavy atom. The van der Waals surface area contributed by atoms with Gasteiger partial charge in [0.25, 0.3) is 0 Å². The molecule has 0 atom stereocenters. The highest BCUT2D eigenvalue weighted by molar-refractivity contribution is 5.31. The summed E-state index contributed by atoms with van der Waals surface area (Å²) in [5, 5.41) is 0. The van der Waals surface area contributed by atoms with Gasteiger partial charge in [-0.3, -0.25) is 0 Å². The van der Waals surface area contributed by atoms with Crippen molar-refractivity contribution in [3.05, 3.63) is 29.8 Å². The Bertz CT molecular complexity index is 347. The van der Waals surface area contributed by atoms with Crippen LogP contribution in [0.3, 0.4) is 0 Å². The first kappa shape index (κ1) is 16.0. The fourth-order valence-electron chi connectivity index (χ4n) is 1.69. The van der Waals surface area contributed by atoms with E-state index >= 15 is 0 Å². The molecule has 0 aliphatic heterocycles. The Labute approximate surface area is 118 Å². The molecular formula is C17H28O2. The maximum Gasteiger partial charge on any atom is 0.119 e. The fourth-order valence-corrected chi connectivity index (χ4v) is 1.69. The van der Waals surface area contributed by atoms with Crippen LogP contribution in [0.5, 0.6) is 5.75 Å². The quantitative estimate of drug-likeness (QED) is 0.678. The molecule has 1 aromatic rings. The summed E-state index contributed by atoms with van der Waals surface area (Å²) in [6.07, 6.45) is 1.11. The zero-order valence-electron chi connectivity index (χ0n) is 13.0. The highest BCUT2D eigenvalue weighted by Crippen LogP contribution is 2.24. The molecule has 1 rings (SSSR count). The summed E-state index contributed by atoms with van der Waals surface area (Å²) >= 11 is 0. The van der Waals surface area contributed by atoms with E-state index in [9.17, 15) is 0 Å². The molecule has 0 radical (unpaired) electrons. The van der Waals surface area contributed by atoms with Crippen molar-refractivity contribution in [2.75, 3.05) is 19.8 Å². The zero-order valence-corrected chi connectivity index (χ0v) is 13.0. The smallest absolute Gasteiger partial charge is 0.119 e. The van der Waals surface area contributed by atoms with Gasteiger partial charge in [-0.1, -0.05) is 46.8 Å². The van der Waals surface area contributed by atoms with Crippen molar-refractivity contribution in [2.45, 2.75) is 46.5 Å². The average molecular weight is 264 g/mol. The van der Waals surface area contributed by atoms with Crippen LogP contribution in [0.4, 0.5) is 0 Å². The van der Waals surface area contributed by atoms with Gasteiger partial charge in [0.1, 0.15) is 12.4 Å². The number of hydrogen-bond acceptors (Lipinski definition) is 2. The maximum absolute atomic E-state index is 5.66. The van der Waals surface area contributed by atoms with Gasteiger partial charge >= 0.3 is 0 Å². The van der Waals surface area contributed by atoms with Gasteiger partial charge in [-0.15, -0.1) is 0 Å². The average Bonchev–Trinajstić information content (AvgIpc) is 2.32. The van der Waals surface area contributed by atoms with E-state index in [-0.39, 0.29) is 5.41 Å². The first-order chi connectivity index (χ1) is 8.89. The second-order valence-corrected chi connectivity index (χ2v) is 6.42. The zero-order chi connectivity index (χ0) is 14.3. The van der Waals surface area contributed by atoms with Gasteiger partial charge in [-0.05, 0) is 35.4 Å². The van der Waals surface area contributed by atoms with E-state index in [1.165, 1.54) is 5.56 Å². The fraction of sp³-hybridized carbons (Fsp3) is 0.647. The molecule has 0 unspecified atom stereocenters. The van der Waals surface area contributed by atoms with Crippen molar-refractivity contribution < 1.29 is 9.47 Å². The molecule has 0 spiro atoms. The second kappa shape index (κ2) is 7.54. The van der Waals surface area contributed by atoms with Crippen molar-refractivity contribution in [1.29, 1.82) is 0 Å². The van der Waals surface area contributed by atoms with Crippen LogP contribution in [0.2, 0.25) is 0 Å². The molecule has 0 bridgehead atoms. The molecular weight excluding hydrogens is 236 g/mol. The van der Waals surface area contributed by atoms with E-state index in [4.69, 9.17) is 9.47 Å². The molecule has 1 aromatic carbocycles. The Morgan fingerprint density at radius 1 is 0.947 bits per heavy atom. The summed E-state index contributed by atoms with van der Waals surface area (Å²) in [4.78, 5) is 0. The van der Waals surface area contributed by atoms with Crippen molar-refractivity contribution in [3.8, 4) is 5.75 Å². The van der Waals surface area contributed by atoms with E-state index in [1.807, 2.05) is 12.1 Å². The minimum absolute atomic E-state index is 0.193. The maximum atomic E-state index is 5.66. The van der Waals surface area contributed by atoms with Gasteiger partial charge in [0, 0.05) is 6.61 Å². The lowest BCUT2D eigenvalue weighted by molar-refractivity contribution is 0.0926. The summed E-state index contributed by atoms with van der Waals surface area (Å²) in [7, 11) is 0. The molecule has 19 heavy (non-hydrogen) atoms. The summed E-state index contributed by atoms with van der Waals surface area (Å²) in [5.41, 5.74) is 1.52. The number of ether oxygens (including phenoxy) is 2. The van der Waals surface area contributed by atoms with Crippen LogP contribution in [0.25, 0.3) is 0 Å². The topological polar surface area (TPSA) is 18.5 Å². The molecule has 0 fully saturated rings. The van der Waals surface area contributed by atoms with Gasteiger partial charge < -0.3 is 9.47 Å². The number of rotatable bonds is 7. The summed E-state index contributed by atoms with van der Waals surface area (Å²) in [6.45, 7) is 13.2. The molecule has 0 aliphatic rings. The van der Waals surface area contributed by atoms with Crippen LogP contribution >= 0.6 is 0 Å². The lowest BCUT2D eigenvalue weighted by atomic mass is 9.87. The SMILES string of the molecule is CC(C)CCOCCOc1ccc(C(C)(C)C)cc1. The molecule has 0 amide bonds. The predicted molar refractivity (Wildman–Crippen MR) is 80.9 cm³/mol. The van der Waals surface area contributed by atoms with Crippen LogP contribution in [-0.2, 0) is 10.2 Å². The Balaban J connectivity index is 2.23. The molecule has 2 heteroatoms. The summed E-state index contributed by atoms with van der Waals surface area (Å²) in [6, 6.07) is 8.34. The minimum Gasteiger partial charge on any atom is -0.491 e. The van der Waals surface area contributed by atoms with Crippen molar-refractivity contribution in [3.63, 3.8) is 0 Å². The van der Waals surface area contributed by atoms with E-state index in [0.29, 0.717) is 19.1 Å². The van der Waals surface area contributed by atoms with Gasteiger partial charge in [0.05, 0.1) is 6.61 Å². The second-order valence-electron chi connectivity index (χ2n) is 6.42. The van der Waals surface area contributed by atoms with E-state index < -0.39 is 0 Å².